The summed E-state index contributed by atoms with van der Waals surface area (Å²) < 4.78 is 0. The molecule has 8 heteroatoms. The van der Waals surface area contributed by atoms with E-state index in [1.54, 1.807) is 6.92 Å². The Labute approximate surface area is 237 Å². The molecular formula is C31H40ClN5O2. The van der Waals surface area contributed by atoms with Crippen molar-refractivity contribution in [2.24, 2.45) is 4.99 Å². The molecule has 1 fully saturated rings. The number of carbonyl (C=O) groups excluding carboxylic acids is 2. The minimum atomic E-state index is -0.237. The lowest BCUT2D eigenvalue weighted by Gasteiger charge is -2.40. The molecule has 208 valence electrons. The third-order valence-corrected chi connectivity index (χ3v) is 8.39. The van der Waals surface area contributed by atoms with Gasteiger partial charge in [-0.3, -0.25) is 14.6 Å². The smallest absolute Gasteiger partial charge is 0.251 e. The van der Waals surface area contributed by atoms with Crippen LogP contribution in [0, 0.1) is 13.8 Å². The van der Waals surface area contributed by atoms with Crippen LogP contribution >= 0.6 is 11.6 Å². The van der Waals surface area contributed by atoms with E-state index in [-0.39, 0.29) is 29.8 Å². The molecule has 1 saturated carbocycles. The number of carbonyl (C=O) groups is 2. The second kappa shape index (κ2) is 12.4. The number of aliphatic imine (C=N–C) groups is 1. The Kier molecular flexibility index (Phi) is 9.23. The van der Waals surface area contributed by atoms with E-state index in [0.717, 1.165) is 60.3 Å². The number of hydrogen-bond donors (Lipinski definition) is 1. The SMILES string of the molecule is CCN(c1cc(-c2ccc(C)nc2)cc(C(=O)NCC2=C(Cl)N=C(C)CC2=O)c1C)C1CCC(N(C)C)CC1. The van der Waals surface area contributed by atoms with Crippen molar-refractivity contribution >= 4 is 34.7 Å². The Balaban J connectivity index is 1.68. The van der Waals surface area contributed by atoms with Gasteiger partial charge < -0.3 is 15.1 Å². The van der Waals surface area contributed by atoms with Gasteiger partial charge >= 0.3 is 0 Å². The van der Waals surface area contributed by atoms with Gasteiger partial charge in [-0.15, -0.1) is 0 Å². The monoisotopic (exact) mass is 549 g/mol. The summed E-state index contributed by atoms with van der Waals surface area (Å²) in [6.07, 6.45) is 6.63. The molecule has 0 radical (unpaired) electrons. The minimum absolute atomic E-state index is 0.0460. The predicted molar refractivity (Wildman–Crippen MR) is 160 cm³/mol. The molecule has 1 aliphatic heterocycles. The lowest BCUT2D eigenvalue weighted by Crippen LogP contribution is -2.42. The Bertz CT molecular complexity index is 1290. The zero-order valence-corrected chi connectivity index (χ0v) is 24.7. The Hall–Kier alpha value is -3.03. The first kappa shape index (κ1) is 29.0. The Morgan fingerprint density at radius 2 is 1.74 bits per heavy atom. The number of halogens is 1. The number of nitrogens with one attached hydrogen (secondary N) is 1. The van der Waals surface area contributed by atoms with Crippen LogP contribution in [0.5, 0.6) is 0 Å². The molecule has 0 bridgehead atoms. The number of anilines is 1. The first-order chi connectivity index (χ1) is 18.6. The second-order valence-electron chi connectivity index (χ2n) is 11.0. The van der Waals surface area contributed by atoms with Gasteiger partial charge in [0.1, 0.15) is 5.16 Å². The summed E-state index contributed by atoms with van der Waals surface area (Å²) in [4.78, 5) is 39.7. The summed E-state index contributed by atoms with van der Waals surface area (Å²) in [5, 5.41) is 3.10. The Morgan fingerprint density at radius 1 is 1.05 bits per heavy atom. The molecular weight excluding hydrogens is 510 g/mol. The van der Waals surface area contributed by atoms with Gasteiger partial charge in [0.2, 0.25) is 0 Å². The van der Waals surface area contributed by atoms with Gasteiger partial charge in [-0.05, 0) is 96.8 Å². The fourth-order valence-electron chi connectivity index (χ4n) is 5.71. The zero-order valence-electron chi connectivity index (χ0n) is 24.0. The predicted octanol–water partition coefficient (Wildman–Crippen LogP) is 5.68. The van der Waals surface area contributed by atoms with E-state index in [1.165, 1.54) is 0 Å². The van der Waals surface area contributed by atoms with Crippen molar-refractivity contribution in [1.29, 1.82) is 0 Å². The first-order valence-electron chi connectivity index (χ1n) is 13.8. The van der Waals surface area contributed by atoms with E-state index in [4.69, 9.17) is 11.6 Å². The number of amides is 1. The van der Waals surface area contributed by atoms with Gasteiger partial charge in [0.25, 0.3) is 5.91 Å². The Morgan fingerprint density at radius 3 is 2.33 bits per heavy atom. The number of nitrogens with zero attached hydrogens (tertiary/aromatic N) is 4. The maximum Gasteiger partial charge on any atom is 0.251 e. The number of aryl methyl sites for hydroxylation is 1. The van der Waals surface area contributed by atoms with E-state index >= 15 is 0 Å². The summed E-state index contributed by atoms with van der Waals surface area (Å²) in [6, 6.07) is 9.18. The molecule has 1 amide bonds. The molecule has 1 N–H and O–H groups in total. The van der Waals surface area contributed by atoms with Crippen LogP contribution in [0.3, 0.4) is 0 Å². The van der Waals surface area contributed by atoms with Gasteiger partial charge in [-0.2, -0.15) is 0 Å². The molecule has 2 heterocycles. The molecule has 39 heavy (non-hydrogen) atoms. The van der Waals surface area contributed by atoms with Crippen LogP contribution in [-0.4, -0.2) is 66.6 Å². The number of Topliss-reactive ketones (excluding diaryl/α,β-unsaturated/α-hetero) is 1. The summed E-state index contributed by atoms with van der Waals surface area (Å²) in [6.45, 7) is 8.83. The van der Waals surface area contributed by atoms with Gasteiger partial charge in [0, 0.05) is 66.0 Å². The zero-order chi connectivity index (χ0) is 28.3. The number of pyridine rings is 1. The largest absolute Gasteiger partial charge is 0.369 e. The second-order valence-corrected chi connectivity index (χ2v) is 11.3. The van der Waals surface area contributed by atoms with E-state index in [2.05, 4.69) is 52.2 Å². The van der Waals surface area contributed by atoms with Crippen molar-refractivity contribution in [2.75, 3.05) is 32.1 Å². The molecule has 0 unspecified atom stereocenters. The maximum absolute atomic E-state index is 13.6. The van der Waals surface area contributed by atoms with Crippen LogP contribution in [0.15, 0.2) is 46.2 Å². The van der Waals surface area contributed by atoms with Gasteiger partial charge in [-0.25, -0.2) is 4.99 Å². The van der Waals surface area contributed by atoms with Crippen molar-refractivity contribution in [1.82, 2.24) is 15.2 Å². The highest BCUT2D eigenvalue weighted by Gasteiger charge is 2.29. The number of ketones is 1. The molecule has 1 aromatic carbocycles. The van der Waals surface area contributed by atoms with Crippen LogP contribution in [0.2, 0.25) is 0 Å². The highest BCUT2D eigenvalue weighted by molar-refractivity contribution is 6.34. The lowest BCUT2D eigenvalue weighted by atomic mass is 9.88. The van der Waals surface area contributed by atoms with Crippen LogP contribution in [-0.2, 0) is 4.79 Å². The number of aromatic nitrogens is 1. The van der Waals surface area contributed by atoms with Crippen LogP contribution < -0.4 is 10.2 Å². The maximum atomic E-state index is 13.6. The van der Waals surface area contributed by atoms with Crippen molar-refractivity contribution in [3.05, 3.63) is 58.0 Å². The average molecular weight is 550 g/mol. The van der Waals surface area contributed by atoms with E-state index in [0.29, 0.717) is 28.9 Å². The molecule has 2 aromatic rings. The highest BCUT2D eigenvalue weighted by atomic mass is 35.5. The average Bonchev–Trinajstić information content (AvgIpc) is 2.90. The third-order valence-electron chi connectivity index (χ3n) is 8.07. The van der Waals surface area contributed by atoms with Crippen molar-refractivity contribution < 1.29 is 9.59 Å². The molecule has 7 nitrogen and oxygen atoms in total. The fourth-order valence-corrected chi connectivity index (χ4v) is 6.03. The fraction of sp³-hybridized carbons (Fsp3) is 0.484. The van der Waals surface area contributed by atoms with Crippen LogP contribution in [0.4, 0.5) is 5.69 Å². The molecule has 0 saturated heterocycles. The molecule has 1 aliphatic carbocycles. The number of benzene rings is 1. The van der Waals surface area contributed by atoms with Gasteiger partial charge in [-0.1, -0.05) is 17.7 Å². The van der Waals surface area contributed by atoms with Crippen LogP contribution in [0.25, 0.3) is 11.1 Å². The van der Waals surface area contributed by atoms with Crippen molar-refractivity contribution in [3.63, 3.8) is 0 Å². The number of rotatable bonds is 8. The third kappa shape index (κ3) is 6.59. The normalized spacial score (nSPS) is 19.8. The lowest BCUT2D eigenvalue weighted by molar-refractivity contribution is -0.114. The highest BCUT2D eigenvalue weighted by Crippen LogP contribution is 2.35. The summed E-state index contributed by atoms with van der Waals surface area (Å²) in [5.74, 6) is -0.339. The van der Waals surface area contributed by atoms with E-state index in [1.807, 2.05) is 38.2 Å². The first-order valence-corrected chi connectivity index (χ1v) is 14.2. The molecule has 2 aliphatic rings. The summed E-state index contributed by atoms with van der Waals surface area (Å²) in [7, 11) is 4.32. The van der Waals surface area contributed by atoms with Gasteiger partial charge in [0.05, 0.1) is 5.57 Å². The minimum Gasteiger partial charge on any atom is -0.369 e. The van der Waals surface area contributed by atoms with E-state index < -0.39 is 0 Å². The molecule has 4 rings (SSSR count). The quantitative estimate of drug-likeness (QED) is 0.429. The van der Waals surface area contributed by atoms with Crippen molar-refractivity contribution in [3.8, 4) is 11.1 Å². The van der Waals surface area contributed by atoms with Crippen molar-refractivity contribution in [2.45, 2.75) is 71.9 Å². The molecule has 0 atom stereocenters. The molecule has 0 spiro atoms. The van der Waals surface area contributed by atoms with Crippen LogP contribution in [0.1, 0.15) is 67.6 Å². The molecule has 1 aromatic heterocycles. The summed E-state index contributed by atoms with van der Waals surface area (Å²) >= 11 is 6.26. The number of hydrogen-bond acceptors (Lipinski definition) is 6. The summed E-state index contributed by atoms with van der Waals surface area (Å²) in [5.41, 5.74) is 6.46. The van der Waals surface area contributed by atoms with Gasteiger partial charge in [0.15, 0.2) is 5.78 Å². The topological polar surface area (TPSA) is 77.9 Å². The standard InChI is InChI=1S/C31H40ClN5O2/c1-7-37(25-12-10-24(11-13-25)36(5)6)28-16-23(22-9-8-19(2)33-17-22)15-26(21(28)4)31(39)34-18-27-29(38)14-20(3)35-30(27)32/h8-9,15-17,24-25H,7,10-14,18H2,1-6H3,(H,34,39). The van der Waals surface area contributed by atoms with E-state index in [9.17, 15) is 9.59 Å².